The van der Waals surface area contributed by atoms with Crippen LogP contribution >= 0.6 is 22.9 Å². The van der Waals surface area contributed by atoms with E-state index in [1.165, 1.54) is 11.3 Å². The number of halogens is 1. The fourth-order valence-corrected chi connectivity index (χ4v) is 3.10. The van der Waals surface area contributed by atoms with Crippen molar-refractivity contribution < 1.29 is 14.3 Å². The molecule has 0 radical (unpaired) electrons. The number of morpholine rings is 1. The molecule has 0 bridgehead atoms. The van der Waals surface area contributed by atoms with Crippen LogP contribution in [0.2, 0.25) is 5.02 Å². The number of hydrogen-bond acceptors (Lipinski definition) is 6. The highest BCUT2D eigenvalue weighted by molar-refractivity contribution is 7.13. The first-order valence-corrected chi connectivity index (χ1v) is 8.54. The molecule has 2 aromatic rings. The van der Waals surface area contributed by atoms with E-state index in [-0.39, 0.29) is 5.69 Å². The molecule has 2 amide bonds. The van der Waals surface area contributed by atoms with E-state index in [2.05, 4.69) is 20.7 Å². The summed E-state index contributed by atoms with van der Waals surface area (Å²) in [6.45, 7) is 2.81. The number of benzene rings is 1. The molecule has 1 aliphatic heterocycles. The van der Waals surface area contributed by atoms with E-state index in [0.717, 1.165) is 18.2 Å². The molecule has 2 N–H and O–H groups in total. The first-order chi connectivity index (χ1) is 11.6. The van der Waals surface area contributed by atoms with Gasteiger partial charge in [-0.1, -0.05) is 11.6 Å². The zero-order valence-electron chi connectivity index (χ0n) is 12.6. The summed E-state index contributed by atoms with van der Waals surface area (Å²) in [4.78, 5) is 30.4. The predicted octanol–water partition coefficient (Wildman–Crippen LogP) is 1.71. The van der Waals surface area contributed by atoms with Gasteiger partial charge in [-0.25, -0.2) is 4.98 Å². The Bertz CT molecular complexity index is 729. The van der Waals surface area contributed by atoms with Gasteiger partial charge in [0, 0.05) is 29.1 Å². The smallest absolute Gasteiger partial charge is 0.289 e. The fraction of sp³-hybridized carbons (Fsp3) is 0.267. The summed E-state index contributed by atoms with van der Waals surface area (Å²) < 4.78 is 5.29. The molecule has 126 valence electrons. The Morgan fingerprint density at radius 1 is 1.12 bits per heavy atom. The van der Waals surface area contributed by atoms with Crippen molar-refractivity contribution in [2.24, 2.45) is 0 Å². The molecule has 0 spiro atoms. The minimum atomic E-state index is -0.465. The Labute approximate surface area is 147 Å². The van der Waals surface area contributed by atoms with E-state index in [4.69, 9.17) is 16.3 Å². The monoisotopic (exact) mass is 366 g/mol. The van der Waals surface area contributed by atoms with Gasteiger partial charge < -0.3 is 9.64 Å². The topological polar surface area (TPSA) is 83.6 Å². The highest BCUT2D eigenvalue weighted by Gasteiger charge is 2.17. The van der Waals surface area contributed by atoms with Crippen molar-refractivity contribution in [3.8, 4) is 0 Å². The number of hydrazine groups is 1. The number of carbonyl (C=O) groups is 2. The number of nitrogens with zero attached hydrogens (tertiary/aromatic N) is 2. The zero-order chi connectivity index (χ0) is 16.9. The maximum Gasteiger partial charge on any atom is 0.289 e. The molecule has 2 heterocycles. The molecule has 24 heavy (non-hydrogen) atoms. The Kier molecular flexibility index (Phi) is 5.29. The quantitative estimate of drug-likeness (QED) is 0.808. The van der Waals surface area contributed by atoms with Crippen LogP contribution < -0.4 is 15.8 Å². The van der Waals surface area contributed by atoms with Crippen LogP contribution in [0.3, 0.4) is 0 Å². The number of thiazole rings is 1. The fourth-order valence-electron chi connectivity index (χ4n) is 2.12. The summed E-state index contributed by atoms with van der Waals surface area (Å²) in [7, 11) is 0. The number of amides is 2. The zero-order valence-corrected chi connectivity index (χ0v) is 14.2. The van der Waals surface area contributed by atoms with Gasteiger partial charge in [0.1, 0.15) is 5.69 Å². The first kappa shape index (κ1) is 16.7. The minimum absolute atomic E-state index is 0.262. The van der Waals surface area contributed by atoms with Gasteiger partial charge in [-0.05, 0) is 24.3 Å². The van der Waals surface area contributed by atoms with Gasteiger partial charge >= 0.3 is 0 Å². The van der Waals surface area contributed by atoms with Gasteiger partial charge in [-0.2, -0.15) is 0 Å². The van der Waals surface area contributed by atoms with Crippen LogP contribution in [0.4, 0.5) is 5.13 Å². The largest absolute Gasteiger partial charge is 0.378 e. The van der Waals surface area contributed by atoms with Gasteiger partial charge in [0.2, 0.25) is 0 Å². The molecule has 0 saturated carbocycles. The third kappa shape index (κ3) is 4.02. The van der Waals surface area contributed by atoms with Crippen molar-refractivity contribution in [1.29, 1.82) is 0 Å². The van der Waals surface area contributed by atoms with Crippen LogP contribution in [0.15, 0.2) is 29.6 Å². The Morgan fingerprint density at radius 2 is 1.79 bits per heavy atom. The molecule has 0 unspecified atom stereocenters. The Morgan fingerprint density at radius 3 is 2.50 bits per heavy atom. The molecular weight excluding hydrogens is 352 g/mol. The average molecular weight is 367 g/mol. The van der Waals surface area contributed by atoms with Crippen LogP contribution in [-0.2, 0) is 4.74 Å². The Hall–Kier alpha value is -2.16. The number of nitrogens with one attached hydrogen (secondary N) is 2. The number of ether oxygens (including phenoxy) is 1. The van der Waals surface area contributed by atoms with Crippen molar-refractivity contribution in [2.45, 2.75) is 0 Å². The molecule has 1 saturated heterocycles. The number of aromatic nitrogens is 1. The van der Waals surface area contributed by atoms with E-state index in [9.17, 15) is 9.59 Å². The molecule has 1 aliphatic rings. The molecule has 1 fully saturated rings. The van der Waals surface area contributed by atoms with Gasteiger partial charge in [-0.15, -0.1) is 11.3 Å². The summed E-state index contributed by atoms with van der Waals surface area (Å²) >= 11 is 7.16. The van der Waals surface area contributed by atoms with Crippen molar-refractivity contribution >= 4 is 39.9 Å². The van der Waals surface area contributed by atoms with E-state index >= 15 is 0 Å². The second-order valence-corrected chi connectivity index (χ2v) is 6.30. The van der Waals surface area contributed by atoms with E-state index in [1.54, 1.807) is 29.6 Å². The number of rotatable bonds is 3. The van der Waals surface area contributed by atoms with E-state index in [0.29, 0.717) is 23.8 Å². The molecule has 3 rings (SSSR count). The average Bonchev–Trinajstić information content (AvgIpc) is 3.11. The summed E-state index contributed by atoms with van der Waals surface area (Å²) in [5.74, 6) is -0.892. The van der Waals surface area contributed by atoms with Gasteiger partial charge in [0.15, 0.2) is 5.13 Å². The van der Waals surface area contributed by atoms with Gasteiger partial charge in [0.05, 0.1) is 13.2 Å². The molecule has 0 atom stereocenters. The predicted molar refractivity (Wildman–Crippen MR) is 91.5 cm³/mol. The molecule has 1 aromatic carbocycles. The second-order valence-electron chi connectivity index (χ2n) is 5.03. The van der Waals surface area contributed by atoms with Gasteiger partial charge in [0.25, 0.3) is 11.8 Å². The maximum absolute atomic E-state index is 12.1. The molecule has 9 heteroatoms. The lowest BCUT2D eigenvalue weighted by molar-refractivity contribution is 0.0844. The van der Waals surface area contributed by atoms with Crippen LogP contribution in [0.25, 0.3) is 0 Å². The van der Waals surface area contributed by atoms with Crippen molar-refractivity contribution in [2.75, 3.05) is 31.2 Å². The van der Waals surface area contributed by atoms with Crippen molar-refractivity contribution in [3.05, 3.63) is 45.9 Å². The minimum Gasteiger partial charge on any atom is -0.378 e. The lowest BCUT2D eigenvalue weighted by Gasteiger charge is -2.25. The summed E-state index contributed by atoms with van der Waals surface area (Å²) in [6, 6.07) is 6.35. The number of hydrogen-bond donors (Lipinski definition) is 2. The van der Waals surface area contributed by atoms with Crippen molar-refractivity contribution in [1.82, 2.24) is 15.8 Å². The van der Waals surface area contributed by atoms with Crippen molar-refractivity contribution in [3.63, 3.8) is 0 Å². The second kappa shape index (κ2) is 7.61. The maximum atomic E-state index is 12.1. The lowest BCUT2D eigenvalue weighted by Crippen LogP contribution is -2.41. The normalized spacial score (nSPS) is 14.3. The standard InChI is InChI=1S/C15H15ClN4O3S/c16-11-3-1-10(2-4-11)13(21)18-19-14(22)12-9-24-15(17-12)20-5-7-23-8-6-20/h1-4,9H,5-8H2,(H,18,21)(H,19,22). The molecule has 0 aliphatic carbocycles. The SMILES string of the molecule is O=C(NNC(=O)c1csc(N2CCOCC2)n1)c1ccc(Cl)cc1. The third-order valence-corrected chi connectivity index (χ3v) is 4.56. The first-order valence-electron chi connectivity index (χ1n) is 7.28. The van der Waals surface area contributed by atoms with E-state index in [1.807, 2.05) is 0 Å². The number of anilines is 1. The lowest BCUT2D eigenvalue weighted by atomic mass is 10.2. The number of carbonyl (C=O) groups excluding carboxylic acids is 2. The van der Waals surface area contributed by atoms with Crippen LogP contribution in [0, 0.1) is 0 Å². The highest BCUT2D eigenvalue weighted by atomic mass is 35.5. The molecule has 7 nitrogen and oxygen atoms in total. The third-order valence-electron chi connectivity index (χ3n) is 3.40. The van der Waals surface area contributed by atoms with Crippen LogP contribution in [0.1, 0.15) is 20.8 Å². The van der Waals surface area contributed by atoms with Gasteiger partial charge in [-0.3, -0.25) is 20.4 Å². The molecular formula is C15H15ClN4O3S. The van der Waals surface area contributed by atoms with Crippen LogP contribution in [-0.4, -0.2) is 43.1 Å². The summed E-state index contributed by atoms with van der Waals surface area (Å²) in [6.07, 6.45) is 0. The summed E-state index contributed by atoms with van der Waals surface area (Å²) in [5, 5.41) is 2.97. The highest BCUT2D eigenvalue weighted by Crippen LogP contribution is 2.21. The molecule has 1 aromatic heterocycles. The van der Waals surface area contributed by atoms with Crippen LogP contribution in [0.5, 0.6) is 0 Å². The Balaban J connectivity index is 1.56. The van der Waals surface area contributed by atoms with E-state index < -0.39 is 11.8 Å². The summed E-state index contributed by atoms with van der Waals surface area (Å²) in [5.41, 5.74) is 5.37.